The van der Waals surface area contributed by atoms with Crippen LogP contribution in [-0.2, 0) is 5.41 Å². The highest BCUT2D eigenvalue weighted by atomic mass is 35.5. The first-order chi connectivity index (χ1) is 9.27. The molecule has 1 heterocycles. The van der Waals surface area contributed by atoms with Crippen LogP contribution in [0.25, 0.3) is 0 Å². The molecule has 0 radical (unpaired) electrons. The second kappa shape index (κ2) is 5.51. The van der Waals surface area contributed by atoms with Gasteiger partial charge < -0.3 is 10.5 Å². The summed E-state index contributed by atoms with van der Waals surface area (Å²) in [5.74, 6) is 1.09. The van der Waals surface area contributed by atoms with Gasteiger partial charge in [0.15, 0.2) is 0 Å². The third-order valence-electron chi connectivity index (χ3n) is 2.86. The molecule has 0 unspecified atom stereocenters. The number of nitrogen functional groups attached to an aromatic ring is 1. The van der Waals surface area contributed by atoms with Crippen LogP contribution < -0.4 is 10.5 Å². The van der Waals surface area contributed by atoms with Gasteiger partial charge in [-0.05, 0) is 29.2 Å². The van der Waals surface area contributed by atoms with E-state index in [9.17, 15) is 0 Å². The number of nitrogens with zero attached hydrogens (tertiary/aromatic N) is 1. The maximum atomic E-state index is 6.03. The van der Waals surface area contributed by atoms with E-state index in [0.29, 0.717) is 15.8 Å². The average molecular weight is 311 g/mol. The van der Waals surface area contributed by atoms with E-state index in [0.717, 1.165) is 0 Å². The predicted octanol–water partition coefficient (Wildman–Crippen LogP) is 5.06. The zero-order chi connectivity index (χ0) is 14.9. The number of hydrogen-bond donors (Lipinski definition) is 1. The minimum atomic E-state index is 0.0964. The van der Waals surface area contributed by atoms with Crippen molar-refractivity contribution in [2.24, 2.45) is 0 Å². The normalized spacial score (nSPS) is 11.4. The largest absolute Gasteiger partial charge is 0.437 e. The first-order valence-electron chi connectivity index (χ1n) is 6.17. The lowest BCUT2D eigenvalue weighted by Crippen LogP contribution is -2.10. The number of rotatable bonds is 2. The van der Waals surface area contributed by atoms with Crippen LogP contribution in [-0.4, -0.2) is 4.98 Å². The van der Waals surface area contributed by atoms with Gasteiger partial charge in [0.25, 0.3) is 0 Å². The quantitative estimate of drug-likeness (QED) is 0.843. The molecule has 0 bridgehead atoms. The molecule has 20 heavy (non-hydrogen) atoms. The number of halogens is 2. The molecule has 0 aliphatic heterocycles. The summed E-state index contributed by atoms with van der Waals surface area (Å²) >= 11 is 11.9. The van der Waals surface area contributed by atoms with Gasteiger partial charge in [0.05, 0.1) is 5.02 Å². The second-order valence-electron chi connectivity index (χ2n) is 5.52. The Kier molecular flexibility index (Phi) is 4.11. The van der Waals surface area contributed by atoms with Gasteiger partial charge in [0.2, 0.25) is 5.88 Å². The minimum Gasteiger partial charge on any atom is -0.437 e. The molecular formula is C15H16Cl2N2O. The van der Waals surface area contributed by atoms with Crippen LogP contribution in [0.2, 0.25) is 10.0 Å². The lowest BCUT2D eigenvalue weighted by atomic mass is 9.87. The summed E-state index contributed by atoms with van der Waals surface area (Å²) in [5, 5.41) is 0.634. The molecule has 0 spiro atoms. The van der Waals surface area contributed by atoms with E-state index in [4.69, 9.17) is 33.7 Å². The van der Waals surface area contributed by atoms with E-state index in [2.05, 4.69) is 25.8 Å². The van der Waals surface area contributed by atoms with E-state index in [1.54, 1.807) is 0 Å². The summed E-state index contributed by atoms with van der Waals surface area (Å²) in [7, 11) is 0. The van der Waals surface area contributed by atoms with Crippen LogP contribution in [0.4, 0.5) is 5.82 Å². The Bertz CT molecular complexity index is 619. The molecule has 3 nitrogen and oxygen atoms in total. The minimum absolute atomic E-state index is 0.0964. The van der Waals surface area contributed by atoms with Crippen LogP contribution in [0.3, 0.4) is 0 Å². The average Bonchev–Trinajstić information content (AvgIpc) is 2.35. The SMILES string of the molecule is CC(C)(C)c1ccc(Oc2nc(N)c(Cl)cc2Cl)cc1. The summed E-state index contributed by atoms with van der Waals surface area (Å²) < 4.78 is 5.63. The summed E-state index contributed by atoms with van der Waals surface area (Å²) in [6.45, 7) is 6.46. The van der Waals surface area contributed by atoms with E-state index in [1.807, 2.05) is 24.3 Å². The van der Waals surface area contributed by atoms with E-state index >= 15 is 0 Å². The summed E-state index contributed by atoms with van der Waals surface area (Å²) in [4.78, 5) is 4.03. The van der Waals surface area contributed by atoms with Crippen molar-refractivity contribution in [3.8, 4) is 11.6 Å². The second-order valence-corrected chi connectivity index (χ2v) is 6.33. The standard InChI is InChI=1S/C15H16Cl2N2O/c1-15(2,3)9-4-6-10(7-5-9)20-14-12(17)8-11(16)13(18)19-14/h4-8H,1-3H3,(H2,18,19). The lowest BCUT2D eigenvalue weighted by molar-refractivity contribution is 0.463. The Morgan fingerprint density at radius 3 is 2.20 bits per heavy atom. The number of benzene rings is 1. The molecule has 0 amide bonds. The van der Waals surface area contributed by atoms with Gasteiger partial charge in [0, 0.05) is 0 Å². The zero-order valence-corrected chi connectivity index (χ0v) is 13.1. The molecule has 0 saturated heterocycles. The zero-order valence-electron chi connectivity index (χ0n) is 11.6. The van der Waals surface area contributed by atoms with E-state index < -0.39 is 0 Å². The van der Waals surface area contributed by atoms with Gasteiger partial charge in [0.1, 0.15) is 16.6 Å². The van der Waals surface area contributed by atoms with Crippen molar-refractivity contribution in [3.63, 3.8) is 0 Å². The number of ether oxygens (including phenoxy) is 1. The van der Waals surface area contributed by atoms with Crippen LogP contribution in [0.1, 0.15) is 26.3 Å². The number of aromatic nitrogens is 1. The summed E-state index contributed by atoms with van der Waals surface area (Å²) in [5.41, 5.74) is 6.96. The van der Waals surface area contributed by atoms with Crippen molar-refractivity contribution >= 4 is 29.0 Å². The van der Waals surface area contributed by atoms with Gasteiger partial charge >= 0.3 is 0 Å². The molecule has 2 rings (SSSR count). The van der Waals surface area contributed by atoms with Crippen molar-refractivity contribution in [2.45, 2.75) is 26.2 Å². The highest BCUT2D eigenvalue weighted by Crippen LogP contribution is 2.33. The van der Waals surface area contributed by atoms with Crippen molar-refractivity contribution in [2.75, 3.05) is 5.73 Å². The molecule has 1 aromatic carbocycles. The lowest BCUT2D eigenvalue weighted by Gasteiger charge is -2.19. The Labute approximate surface area is 128 Å². The van der Waals surface area contributed by atoms with Crippen molar-refractivity contribution in [1.29, 1.82) is 0 Å². The molecule has 0 aliphatic carbocycles. The molecule has 106 valence electrons. The first-order valence-corrected chi connectivity index (χ1v) is 6.93. The Morgan fingerprint density at radius 1 is 1.05 bits per heavy atom. The van der Waals surface area contributed by atoms with Gasteiger partial charge in [-0.25, -0.2) is 0 Å². The molecule has 0 aliphatic rings. The third-order valence-corrected chi connectivity index (χ3v) is 3.43. The molecule has 0 atom stereocenters. The number of hydrogen-bond acceptors (Lipinski definition) is 3. The Hall–Kier alpha value is -1.45. The highest BCUT2D eigenvalue weighted by molar-refractivity contribution is 6.36. The molecule has 5 heteroatoms. The molecule has 1 aromatic heterocycles. The Morgan fingerprint density at radius 2 is 1.65 bits per heavy atom. The van der Waals surface area contributed by atoms with Crippen LogP contribution in [0, 0.1) is 0 Å². The number of pyridine rings is 1. The summed E-state index contributed by atoms with van der Waals surface area (Å²) in [6.07, 6.45) is 0. The van der Waals surface area contributed by atoms with Gasteiger partial charge in [-0.2, -0.15) is 4.98 Å². The molecule has 2 aromatic rings. The molecule has 0 saturated carbocycles. The maximum Gasteiger partial charge on any atom is 0.240 e. The fraction of sp³-hybridized carbons (Fsp3) is 0.267. The van der Waals surface area contributed by atoms with Gasteiger partial charge in [-0.15, -0.1) is 0 Å². The van der Waals surface area contributed by atoms with Crippen LogP contribution in [0.5, 0.6) is 11.6 Å². The summed E-state index contributed by atoms with van der Waals surface area (Å²) in [6, 6.07) is 9.31. The van der Waals surface area contributed by atoms with Crippen LogP contribution >= 0.6 is 23.2 Å². The smallest absolute Gasteiger partial charge is 0.240 e. The van der Waals surface area contributed by atoms with Crippen molar-refractivity contribution in [1.82, 2.24) is 4.98 Å². The topological polar surface area (TPSA) is 48.1 Å². The molecule has 0 fully saturated rings. The molecular weight excluding hydrogens is 295 g/mol. The Balaban J connectivity index is 2.25. The maximum absolute atomic E-state index is 6.03. The highest BCUT2D eigenvalue weighted by Gasteiger charge is 2.14. The predicted molar refractivity (Wildman–Crippen MR) is 83.9 cm³/mol. The fourth-order valence-corrected chi connectivity index (χ4v) is 2.07. The van der Waals surface area contributed by atoms with E-state index in [-0.39, 0.29) is 17.1 Å². The van der Waals surface area contributed by atoms with Gasteiger partial charge in [-0.1, -0.05) is 56.1 Å². The van der Waals surface area contributed by atoms with Crippen molar-refractivity contribution in [3.05, 3.63) is 45.9 Å². The molecule has 2 N–H and O–H groups in total. The van der Waals surface area contributed by atoms with Crippen LogP contribution in [0.15, 0.2) is 30.3 Å². The number of nitrogens with two attached hydrogens (primary N) is 1. The van der Waals surface area contributed by atoms with E-state index in [1.165, 1.54) is 11.6 Å². The fourth-order valence-electron chi connectivity index (χ4n) is 1.67. The third kappa shape index (κ3) is 3.35. The number of anilines is 1. The van der Waals surface area contributed by atoms with Crippen molar-refractivity contribution < 1.29 is 4.74 Å². The monoisotopic (exact) mass is 310 g/mol. The van der Waals surface area contributed by atoms with Gasteiger partial charge in [-0.3, -0.25) is 0 Å². The first kappa shape index (κ1) is 14.9.